The van der Waals surface area contributed by atoms with Crippen LogP contribution in [0, 0.1) is 23.7 Å². The smallest absolute Gasteiger partial charge is 0.230 e. The Morgan fingerprint density at radius 2 is 1.50 bits per heavy atom. The average Bonchev–Trinajstić information content (AvgIpc) is 2.64. The molecule has 3 fully saturated rings. The largest absolute Gasteiger partial charge is 0.296 e. The maximum absolute atomic E-state index is 11.3. The first kappa shape index (κ1) is 6.63. The SMILES string of the molecule is O=C1NC(=O)[C@H]2[C@@H]3CC[C@H](C3)[C@@H]12. The number of carbonyl (C=O) groups is 2. The molecule has 2 bridgehead atoms. The maximum Gasteiger partial charge on any atom is 0.230 e. The molecule has 2 amide bonds. The molecule has 1 aliphatic heterocycles. The van der Waals surface area contributed by atoms with Crippen LogP contribution >= 0.6 is 0 Å². The molecule has 3 heteroatoms. The van der Waals surface area contributed by atoms with Crippen molar-refractivity contribution >= 4 is 11.8 Å². The molecular formula is C9H11NO2. The predicted molar refractivity (Wildman–Crippen MR) is 41.0 cm³/mol. The van der Waals surface area contributed by atoms with Crippen molar-refractivity contribution in [2.75, 3.05) is 0 Å². The Morgan fingerprint density at radius 1 is 1.00 bits per heavy atom. The third-order valence-corrected chi connectivity index (χ3v) is 3.77. The average molecular weight is 165 g/mol. The summed E-state index contributed by atoms with van der Waals surface area (Å²) in [6.07, 6.45) is 3.44. The van der Waals surface area contributed by atoms with Gasteiger partial charge >= 0.3 is 0 Å². The summed E-state index contributed by atoms with van der Waals surface area (Å²) >= 11 is 0. The molecule has 1 saturated heterocycles. The van der Waals surface area contributed by atoms with Crippen molar-refractivity contribution in [1.82, 2.24) is 5.32 Å². The van der Waals surface area contributed by atoms with Crippen LogP contribution in [0.1, 0.15) is 19.3 Å². The number of fused-ring (bicyclic) bond motifs is 5. The normalized spacial score (nSPS) is 49.7. The van der Waals surface area contributed by atoms with Gasteiger partial charge in [0, 0.05) is 0 Å². The predicted octanol–water partition coefficient (Wildman–Crippen LogP) is 0.305. The molecular weight excluding hydrogens is 154 g/mol. The van der Waals surface area contributed by atoms with Crippen LogP contribution in [0.15, 0.2) is 0 Å². The topological polar surface area (TPSA) is 46.2 Å². The second-order valence-corrected chi connectivity index (χ2v) is 4.24. The number of rotatable bonds is 0. The lowest BCUT2D eigenvalue weighted by Gasteiger charge is -2.19. The molecule has 0 spiro atoms. The number of carbonyl (C=O) groups excluding carboxylic acids is 2. The molecule has 1 heterocycles. The Balaban J connectivity index is 2.03. The number of imide groups is 1. The summed E-state index contributed by atoms with van der Waals surface area (Å²) in [5.41, 5.74) is 0. The van der Waals surface area contributed by atoms with Gasteiger partial charge in [-0.05, 0) is 31.1 Å². The molecule has 3 aliphatic rings. The van der Waals surface area contributed by atoms with Crippen molar-refractivity contribution < 1.29 is 9.59 Å². The van der Waals surface area contributed by atoms with E-state index in [4.69, 9.17) is 0 Å². The van der Waals surface area contributed by atoms with E-state index >= 15 is 0 Å². The van der Waals surface area contributed by atoms with Crippen LogP contribution in [0.3, 0.4) is 0 Å². The molecule has 1 N–H and O–H groups in total. The van der Waals surface area contributed by atoms with Gasteiger partial charge in [-0.15, -0.1) is 0 Å². The zero-order valence-electron chi connectivity index (χ0n) is 6.75. The van der Waals surface area contributed by atoms with Gasteiger partial charge in [0.25, 0.3) is 0 Å². The molecule has 3 rings (SSSR count). The van der Waals surface area contributed by atoms with E-state index in [-0.39, 0.29) is 23.7 Å². The van der Waals surface area contributed by atoms with Crippen LogP contribution in [-0.2, 0) is 9.59 Å². The van der Waals surface area contributed by atoms with E-state index in [2.05, 4.69) is 5.32 Å². The first-order valence-corrected chi connectivity index (χ1v) is 4.62. The second-order valence-electron chi connectivity index (χ2n) is 4.24. The molecule has 0 radical (unpaired) electrons. The van der Waals surface area contributed by atoms with Gasteiger partial charge < -0.3 is 0 Å². The van der Waals surface area contributed by atoms with Gasteiger partial charge in [-0.25, -0.2) is 0 Å². The van der Waals surface area contributed by atoms with Crippen molar-refractivity contribution in [3.63, 3.8) is 0 Å². The summed E-state index contributed by atoms with van der Waals surface area (Å²) in [7, 11) is 0. The Bertz CT molecular complexity index is 248. The molecule has 0 aromatic heterocycles. The van der Waals surface area contributed by atoms with Crippen LogP contribution in [0.2, 0.25) is 0 Å². The number of amides is 2. The van der Waals surface area contributed by atoms with E-state index in [1.54, 1.807) is 0 Å². The molecule has 0 aromatic carbocycles. The summed E-state index contributed by atoms with van der Waals surface area (Å²) in [4.78, 5) is 22.6. The lowest BCUT2D eigenvalue weighted by atomic mass is 9.81. The van der Waals surface area contributed by atoms with Crippen LogP contribution in [0.4, 0.5) is 0 Å². The zero-order chi connectivity index (χ0) is 8.29. The Hall–Kier alpha value is -0.860. The quantitative estimate of drug-likeness (QED) is 0.525. The molecule has 0 unspecified atom stereocenters. The lowest BCUT2D eigenvalue weighted by Crippen LogP contribution is -2.24. The summed E-state index contributed by atoms with van der Waals surface area (Å²) in [6.45, 7) is 0. The first-order valence-electron chi connectivity index (χ1n) is 4.62. The minimum Gasteiger partial charge on any atom is -0.296 e. The Labute approximate surface area is 70.5 Å². The summed E-state index contributed by atoms with van der Waals surface area (Å²) in [6, 6.07) is 0. The number of nitrogens with one attached hydrogen (secondary N) is 1. The van der Waals surface area contributed by atoms with Gasteiger partial charge in [-0.3, -0.25) is 14.9 Å². The standard InChI is InChI=1S/C9H11NO2/c11-8-6-4-1-2-5(3-4)7(6)9(12)10-8/h4-7H,1-3H2,(H,10,11,12)/t4-,5-,6-,7+/m1/s1. The van der Waals surface area contributed by atoms with Gasteiger partial charge in [0.1, 0.15) is 0 Å². The van der Waals surface area contributed by atoms with Crippen molar-refractivity contribution in [3.05, 3.63) is 0 Å². The van der Waals surface area contributed by atoms with Gasteiger partial charge in [-0.2, -0.15) is 0 Å². The van der Waals surface area contributed by atoms with Crippen molar-refractivity contribution in [2.45, 2.75) is 19.3 Å². The molecule has 12 heavy (non-hydrogen) atoms. The fourth-order valence-electron chi connectivity index (χ4n) is 3.33. The van der Waals surface area contributed by atoms with E-state index in [1.165, 1.54) is 0 Å². The van der Waals surface area contributed by atoms with E-state index in [9.17, 15) is 9.59 Å². The molecule has 2 saturated carbocycles. The monoisotopic (exact) mass is 165 g/mol. The minimum absolute atomic E-state index is 0.00259. The van der Waals surface area contributed by atoms with E-state index in [0.717, 1.165) is 19.3 Å². The summed E-state index contributed by atoms with van der Waals surface area (Å²) in [5.74, 6) is 1.14. The lowest BCUT2D eigenvalue weighted by molar-refractivity contribution is -0.126. The molecule has 64 valence electrons. The highest BCUT2D eigenvalue weighted by atomic mass is 16.2. The third kappa shape index (κ3) is 0.586. The van der Waals surface area contributed by atoms with Crippen LogP contribution < -0.4 is 5.32 Å². The minimum atomic E-state index is -0.00259. The number of hydrogen-bond acceptors (Lipinski definition) is 2. The van der Waals surface area contributed by atoms with Crippen molar-refractivity contribution in [3.8, 4) is 0 Å². The second kappa shape index (κ2) is 1.90. The van der Waals surface area contributed by atoms with Gasteiger partial charge in [0.05, 0.1) is 11.8 Å². The highest BCUT2D eigenvalue weighted by Crippen LogP contribution is 2.54. The zero-order valence-corrected chi connectivity index (χ0v) is 6.75. The van der Waals surface area contributed by atoms with Gasteiger partial charge in [-0.1, -0.05) is 0 Å². The van der Waals surface area contributed by atoms with Crippen LogP contribution in [0.25, 0.3) is 0 Å². The van der Waals surface area contributed by atoms with E-state index in [0.29, 0.717) is 11.8 Å². The molecule has 4 atom stereocenters. The Kier molecular flexibility index (Phi) is 1.05. The Morgan fingerprint density at radius 3 is 2.00 bits per heavy atom. The molecule has 3 nitrogen and oxygen atoms in total. The van der Waals surface area contributed by atoms with E-state index < -0.39 is 0 Å². The maximum atomic E-state index is 11.3. The van der Waals surface area contributed by atoms with E-state index in [1.807, 2.05) is 0 Å². The highest BCUT2D eigenvalue weighted by molar-refractivity contribution is 6.05. The fraction of sp³-hybridized carbons (Fsp3) is 0.778. The van der Waals surface area contributed by atoms with Crippen LogP contribution in [0.5, 0.6) is 0 Å². The first-order chi connectivity index (χ1) is 5.77. The van der Waals surface area contributed by atoms with Crippen molar-refractivity contribution in [2.24, 2.45) is 23.7 Å². The summed E-state index contributed by atoms with van der Waals surface area (Å²) in [5, 5.41) is 2.44. The summed E-state index contributed by atoms with van der Waals surface area (Å²) < 4.78 is 0. The molecule has 0 aromatic rings. The number of hydrogen-bond donors (Lipinski definition) is 1. The third-order valence-electron chi connectivity index (χ3n) is 3.77. The highest BCUT2D eigenvalue weighted by Gasteiger charge is 2.57. The molecule has 2 aliphatic carbocycles. The van der Waals surface area contributed by atoms with Gasteiger partial charge in [0.15, 0.2) is 0 Å². The van der Waals surface area contributed by atoms with Crippen molar-refractivity contribution in [1.29, 1.82) is 0 Å². The van der Waals surface area contributed by atoms with Crippen LogP contribution in [-0.4, -0.2) is 11.8 Å². The fourth-order valence-corrected chi connectivity index (χ4v) is 3.33. The van der Waals surface area contributed by atoms with Gasteiger partial charge in [0.2, 0.25) is 11.8 Å².